The molecule has 0 saturated carbocycles. The van der Waals surface area contributed by atoms with Gasteiger partial charge in [-0.15, -0.1) is 0 Å². The fraction of sp³-hybridized carbons (Fsp3) is 0.538. The van der Waals surface area contributed by atoms with Crippen LogP contribution in [0.3, 0.4) is 0 Å². The van der Waals surface area contributed by atoms with E-state index in [9.17, 15) is 8.42 Å². The molecule has 6 heteroatoms. The van der Waals surface area contributed by atoms with E-state index in [2.05, 4.69) is 10.0 Å². The van der Waals surface area contributed by atoms with Gasteiger partial charge in [-0.3, -0.25) is 4.72 Å². The highest BCUT2D eigenvalue weighted by Gasteiger charge is 2.16. The summed E-state index contributed by atoms with van der Waals surface area (Å²) in [6, 6.07) is 6.11. The van der Waals surface area contributed by atoms with Crippen LogP contribution in [0.2, 0.25) is 0 Å². The Hall–Kier alpha value is -1.27. The average molecular weight is 284 g/mol. The van der Waals surface area contributed by atoms with E-state index in [4.69, 9.17) is 4.74 Å². The quantitative estimate of drug-likeness (QED) is 0.857. The third-order valence-corrected chi connectivity index (χ3v) is 3.79. The van der Waals surface area contributed by atoms with Crippen molar-refractivity contribution in [2.75, 3.05) is 24.6 Å². The molecule has 106 valence electrons. The lowest BCUT2D eigenvalue weighted by Gasteiger charge is -2.14. The van der Waals surface area contributed by atoms with Gasteiger partial charge in [-0.25, -0.2) is 8.42 Å². The largest absolute Gasteiger partial charge is 0.495 e. The van der Waals surface area contributed by atoms with Crippen LogP contribution in [0.5, 0.6) is 5.75 Å². The number of methoxy groups -OCH3 is 1. The van der Waals surface area contributed by atoms with Crippen LogP contribution < -0.4 is 14.8 Å². The van der Waals surface area contributed by atoms with Crippen molar-refractivity contribution in [3.8, 4) is 5.75 Å². The molecule has 2 N–H and O–H groups in total. The monoisotopic (exact) mass is 284 g/mol. The maximum absolute atomic E-state index is 11.3. The van der Waals surface area contributed by atoms with Crippen molar-refractivity contribution < 1.29 is 13.2 Å². The van der Waals surface area contributed by atoms with Gasteiger partial charge in [0.2, 0.25) is 10.0 Å². The molecule has 0 aliphatic carbocycles. The van der Waals surface area contributed by atoms with Gasteiger partial charge in [0.05, 0.1) is 19.1 Å². The van der Waals surface area contributed by atoms with Crippen LogP contribution in [-0.4, -0.2) is 34.4 Å². The Labute approximate surface area is 114 Å². The number of benzene rings is 1. The fourth-order valence-corrected chi connectivity index (χ4v) is 2.94. The van der Waals surface area contributed by atoms with E-state index in [0.717, 1.165) is 24.8 Å². The Kier molecular flexibility index (Phi) is 4.31. The molecule has 1 aliphatic heterocycles. The van der Waals surface area contributed by atoms with E-state index < -0.39 is 10.0 Å². The van der Waals surface area contributed by atoms with Crippen molar-refractivity contribution >= 4 is 15.7 Å². The van der Waals surface area contributed by atoms with Gasteiger partial charge in [0.15, 0.2) is 0 Å². The second-order valence-corrected chi connectivity index (χ2v) is 6.65. The number of ether oxygens (including phenoxy) is 1. The summed E-state index contributed by atoms with van der Waals surface area (Å²) in [6.45, 7) is 1.06. The van der Waals surface area contributed by atoms with E-state index in [-0.39, 0.29) is 0 Å². The van der Waals surface area contributed by atoms with E-state index in [1.807, 2.05) is 12.1 Å². The second-order valence-electron chi connectivity index (χ2n) is 4.91. The van der Waals surface area contributed by atoms with Crippen molar-refractivity contribution in [2.24, 2.45) is 0 Å². The number of anilines is 1. The third kappa shape index (κ3) is 4.11. The summed E-state index contributed by atoms with van der Waals surface area (Å²) in [5.41, 5.74) is 1.60. The van der Waals surface area contributed by atoms with Crippen molar-refractivity contribution in [3.63, 3.8) is 0 Å². The number of hydrogen-bond acceptors (Lipinski definition) is 4. The topological polar surface area (TPSA) is 67.4 Å². The molecule has 1 aromatic carbocycles. The number of sulfonamides is 1. The number of nitrogens with one attached hydrogen (secondary N) is 2. The van der Waals surface area contributed by atoms with Gasteiger partial charge in [0.25, 0.3) is 0 Å². The van der Waals surface area contributed by atoms with E-state index >= 15 is 0 Å². The second kappa shape index (κ2) is 5.79. The van der Waals surface area contributed by atoms with Crippen molar-refractivity contribution in [1.29, 1.82) is 0 Å². The molecule has 1 aromatic rings. The third-order valence-electron chi connectivity index (χ3n) is 3.20. The smallest absolute Gasteiger partial charge is 0.229 e. The minimum Gasteiger partial charge on any atom is -0.495 e. The lowest BCUT2D eigenvalue weighted by molar-refractivity contribution is 0.416. The summed E-state index contributed by atoms with van der Waals surface area (Å²) in [7, 11) is -1.77. The van der Waals surface area contributed by atoms with Gasteiger partial charge in [-0.2, -0.15) is 0 Å². The average Bonchev–Trinajstić information content (AvgIpc) is 2.80. The highest BCUT2D eigenvalue weighted by Crippen LogP contribution is 2.27. The van der Waals surface area contributed by atoms with Crippen LogP contribution in [-0.2, 0) is 16.4 Å². The normalized spacial score (nSPS) is 19.4. The highest BCUT2D eigenvalue weighted by atomic mass is 32.2. The molecule has 5 nitrogen and oxygen atoms in total. The maximum Gasteiger partial charge on any atom is 0.229 e. The van der Waals surface area contributed by atoms with Gasteiger partial charge in [-0.05, 0) is 43.5 Å². The molecule has 0 spiro atoms. The van der Waals surface area contributed by atoms with Gasteiger partial charge >= 0.3 is 0 Å². The molecule has 19 heavy (non-hydrogen) atoms. The van der Waals surface area contributed by atoms with E-state index in [1.54, 1.807) is 6.07 Å². The predicted molar refractivity (Wildman–Crippen MR) is 76.2 cm³/mol. The SMILES string of the molecule is COc1ccc(CC2CCCN2)cc1NS(C)(=O)=O. The molecule has 0 amide bonds. The molecule has 0 radical (unpaired) electrons. The first kappa shape index (κ1) is 14.1. The van der Waals surface area contributed by atoms with Crippen LogP contribution >= 0.6 is 0 Å². The van der Waals surface area contributed by atoms with Crippen LogP contribution in [0.4, 0.5) is 5.69 Å². The summed E-state index contributed by atoms with van der Waals surface area (Å²) in [4.78, 5) is 0. The zero-order valence-corrected chi connectivity index (χ0v) is 12.1. The Morgan fingerprint density at radius 1 is 1.47 bits per heavy atom. The lowest BCUT2D eigenvalue weighted by atomic mass is 10.0. The van der Waals surface area contributed by atoms with Crippen molar-refractivity contribution in [1.82, 2.24) is 5.32 Å². The predicted octanol–water partition coefficient (Wildman–Crippen LogP) is 1.36. The molecule has 1 saturated heterocycles. The first-order valence-electron chi connectivity index (χ1n) is 6.36. The molecule has 0 bridgehead atoms. The first-order valence-corrected chi connectivity index (χ1v) is 8.25. The Balaban J connectivity index is 2.19. The van der Waals surface area contributed by atoms with Gasteiger partial charge in [-0.1, -0.05) is 6.07 Å². The lowest BCUT2D eigenvalue weighted by Crippen LogP contribution is -2.23. The molecule has 1 unspecified atom stereocenters. The van der Waals surface area contributed by atoms with E-state index in [0.29, 0.717) is 17.5 Å². The molecule has 1 fully saturated rings. The Morgan fingerprint density at radius 3 is 2.84 bits per heavy atom. The van der Waals surface area contributed by atoms with Gasteiger partial charge in [0, 0.05) is 6.04 Å². The highest BCUT2D eigenvalue weighted by molar-refractivity contribution is 7.92. The molecule has 0 aromatic heterocycles. The van der Waals surface area contributed by atoms with Crippen LogP contribution in [0.15, 0.2) is 18.2 Å². The fourth-order valence-electron chi connectivity index (χ4n) is 2.38. The van der Waals surface area contributed by atoms with Gasteiger partial charge < -0.3 is 10.1 Å². The van der Waals surface area contributed by atoms with E-state index in [1.165, 1.54) is 20.0 Å². The zero-order chi connectivity index (χ0) is 13.9. The Morgan fingerprint density at radius 2 is 2.26 bits per heavy atom. The first-order chi connectivity index (χ1) is 8.98. The zero-order valence-electron chi connectivity index (χ0n) is 11.3. The minimum atomic E-state index is -3.30. The van der Waals surface area contributed by atoms with Crippen LogP contribution in [0, 0.1) is 0 Å². The minimum absolute atomic E-state index is 0.486. The molecular weight excluding hydrogens is 264 g/mol. The van der Waals surface area contributed by atoms with Gasteiger partial charge in [0.1, 0.15) is 5.75 Å². The molecule has 1 atom stereocenters. The summed E-state index contributed by atoms with van der Waals surface area (Å²) in [5, 5.41) is 3.43. The maximum atomic E-state index is 11.3. The molecule has 2 rings (SSSR count). The van der Waals surface area contributed by atoms with Crippen LogP contribution in [0.25, 0.3) is 0 Å². The molecule has 1 heterocycles. The van der Waals surface area contributed by atoms with Crippen LogP contribution in [0.1, 0.15) is 18.4 Å². The number of rotatable bonds is 5. The standard InChI is InChI=1S/C13H20N2O3S/c1-18-13-6-5-10(8-11-4-3-7-14-11)9-12(13)15-19(2,16)17/h5-6,9,11,14-15H,3-4,7-8H2,1-2H3. The number of hydrogen-bond donors (Lipinski definition) is 2. The summed E-state index contributed by atoms with van der Waals surface area (Å²) in [5.74, 6) is 0.536. The summed E-state index contributed by atoms with van der Waals surface area (Å²) >= 11 is 0. The molecule has 1 aliphatic rings. The summed E-state index contributed by atoms with van der Waals surface area (Å²) < 4.78 is 30.4. The van der Waals surface area contributed by atoms with Crippen molar-refractivity contribution in [2.45, 2.75) is 25.3 Å². The van der Waals surface area contributed by atoms with Crippen molar-refractivity contribution in [3.05, 3.63) is 23.8 Å². The summed E-state index contributed by atoms with van der Waals surface area (Å²) in [6.07, 6.45) is 4.41. The Bertz CT molecular complexity index is 537. The molecular formula is C13H20N2O3S.